The third kappa shape index (κ3) is 3.51. The van der Waals surface area contributed by atoms with Crippen molar-refractivity contribution < 1.29 is 14.3 Å². The zero-order chi connectivity index (χ0) is 14.5. The molecule has 3 atom stereocenters. The number of nitrogens with zero attached hydrogens (tertiary/aromatic N) is 1. The van der Waals surface area contributed by atoms with Crippen LogP contribution in [0.4, 0.5) is 0 Å². The number of amides is 2. The molecule has 20 heavy (non-hydrogen) atoms. The first-order valence-corrected chi connectivity index (χ1v) is 7.78. The van der Waals surface area contributed by atoms with E-state index in [1.54, 1.807) is 7.11 Å². The van der Waals surface area contributed by atoms with Gasteiger partial charge in [-0.2, -0.15) is 0 Å². The van der Waals surface area contributed by atoms with E-state index < -0.39 is 0 Å². The highest BCUT2D eigenvalue weighted by Crippen LogP contribution is 2.26. The third-order valence-electron chi connectivity index (χ3n) is 4.45. The van der Waals surface area contributed by atoms with Gasteiger partial charge in [-0.15, -0.1) is 0 Å². The van der Waals surface area contributed by atoms with Crippen LogP contribution in [0.5, 0.6) is 0 Å². The van der Waals surface area contributed by atoms with Gasteiger partial charge in [-0.3, -0.25) is 9.59 Å². The summed E-state index contributed by atoms with van der Waals surface area (Å²) in [6.07, 6.45) is 6.38. The van der Waals surface area contributed by atoms with E-state index in [9.17, 15) is 9.59 Å². The van der Waals surface area contributed by atoms with Crippen molar-refractivity contribution in [2.75, 3.05) is 13.7 Å². The average Bonchev–Trinajstić information content (AvgIpc) is 2.59. The molecular weight excluding hydrogens is 256 g/mol. The van der Waals surface area contributed by atoms with Crippen molar-refractivity contribution in [2.45, 2.75) is 70.1 Å². The van der Waals surface area contributed by atoms with Crippen LogP contribution in [-0.4, -0.2) is 48.6 Å². The predicted molar refractivity (Wildman–Crippen MR) is 76.2 cm³/mol. The van der Waals surface area contributed by atoms with E-state index in [1.165, 1.54) is 0 Å². The highest BCUT2D eigenvalue weighted by molar-refractivity contribution is 5.90. The van der Waals surface area contributed by atoms with Gasteiger partial charge >= 0.3 is 0 Å². The Morgan fingerprint density at radius 2 is 2.15 bits per heavy atom. The zero-order valence-electron chi connectivity index (χ0n) is 12.6. The Labute approximate surface area is 121 Å². The molecule has 5 nitrogen and oxygen atoms in total. The van der Waals surface area contributed by atoms with Crippen LogP contribution in [0.25, 0.3) is 0 Å². The van der Waals surface area contributed by atoms with Gasteiger partial charge in [0.15, 0.2) is 0 Å². The summed E-state index contributed by atoms with van der Waals surface area (Å²) in [5.74, 6) is 0.0952. The second kappa shape index (κ2) is 7.07. The van der Waals surface area contributed by atoms with Crippen molar-refractivity contribution in [3.05, 3.63) is 0 Å². The molecule has 2 amide bonds. The van der Waals surface area contributed by atoms with Crippen LogP contribution >= 0.6 is 0 Å². The second-order valence-electron chi connectivity index (χ2n) is 5.87. The molecule has 1 saturated carbocycles. The lowest BCUT2D eigenvalue weighted by molar-refractivity contribution is -0.137. The Morgan fingerprint density at radius 3 is 2.85 bits per heavy atom. The molecule has 2 aliphatic rings. The lowest BCUT2D eigenvalue weighted by atomic mass is 9.91. The molecule has 0 radical (unpaired) electrons. The molecule has 0 bridgehead atoms. The van der Waals surface area contributed by atoms with Crippen LogP contribution in [0.15, 0.2) is 0 Å². The first kappa shape index (κ1) is 15.3. The van der Waals surface area contributed by atoms with Crippen LogP contribution in [0.3, 0.4) is 0 Å². The molecule has 1 aliphatic heterocycles. The number of hydrogen-bond acceptors (Lipinski definition) is 3. The van der Waals surface area contributed by atoms with Crippen LogP contribution in [0.2, 0.25) is 0 Å². The Balaban J connectivity index is 2.07. The first-order valence-electron chi connectivity index (χ1n) is 7.78. The quantitative estimate of drug-likeness (QED) is 0.849. The molecule has 2 fully saturated rings. The molecular formula is C15H26N2O3. The molecule has 0 aromatic heterocycles. The highest BCUT2D eigenvalue weighted by atomic mass is 16.5. The minimum absolute atomic E-state index is 0.00148. The number of carbonyl (C=O) groups is 2. The Bertz CT molecular complexity index is 359. The van der Waals surface area contributed by atoms with Gasteiger partial charge in [0.05, 0.1) is 6.10 Å². The molecule has 1 aliphatic carbocycles. The maximum atomic E-state index is 12.6. The topological polar surface area (TPSA) is 58.6 Å². The smallest absolute Gasteiger partial charge is 0.245 e. The van der Waals surface area contributed by atoms with E-state index in [2.05, 4.69) is 5.32 Å². The molecule has 0 aromatic rings. The normalized spacial score (nSPS) is 31.9. The molecule has 5 heteroatoms. The fraction of sp³-hybridized carbons (Fsp3) is 0.867. The second-order valence-corrected chi connectivity index (χ2v) is 5.87. The molecule has 2 rings (SSSR count). The predicted octanol–water partition coefficient (Wildman–Crippen LogP) is 1.46. The maximum Gasteiger partial charge on any atom is 0.245 e. The van der Waals surface area contributed by atoms with Crippen LogP contribution in [0, 0.1) is 0 Å². The molecule has 114 valence electrons. The summed E-state index contributed by atoms with van der Waals surface area (Å²) in [5.41, 5.74) is 0. The minimum atomic E-state index is -0.335. The van der Waals surface area contributed by atoms with E-state index in [1.807, 2.05) is 11.8 Å². The van der Waals surface area contributed by atoms with Gasteiger partial charge < -0.3 is 15.0 Å². The molecule has 1 saturated heterocycles. The summed E-state index contributed by atoms with van der Waals surface area (Å²) < 4.78 is 5.45. The lowest BCUT2D eigenvalue weighted by Crippen LogP contribution is -2.50. The fourth-order valence-corrected chi connectivity index (χ4v) is 3.32. The molecule has 0 aromatic carbocycles. The first-order chi connectivity index (χ1) is 9.65. The van der Waals surface area contributed by atoms with Crippen LogP contribution in [-0.2, 0) is 14.3 Å². The van der Waals surface area contributed by atoms with Gasteiger partial charge in [0.1, 0.15) is 6.04 Å². The summed E-state index contributed by atoms with van der Waals surface area (Å²) in [5, 5.41) is 2.86. The summed E-state index contributed by atoms with van der Waals surface area (Å²) in [6, 6.07) is -0.105. The summed E-state index contributed by atoms with van der Waals surface area (Å²) in [6.45, 7) is 2.59. The number of nitrogens with one attached hydrogen (secondary N) is 1. The van der Waals surface area contributed by atoms with Crippen molar-refractivity contribution in [3.63, 3.8) is 0 Å². The zero-order valence-corrected chi connectivity index (χ0v) is 12.6. The van der Waals surface area contributed by atoms with E-state index >= 15 is 0 Å². The van der Waals surface area contributed by atoms with Gasteiger partial charge in [-0.05, 0) is 32.1 Å². The van der Waals surface area contributed by atoms with Gasteiger partial charge in [0, 0.05) is 26.1 Å². The standard InChI is InChI=1S/C15H26N2O3/c1-3-5-13-15(19)17(9-8-14(18)16-13)11-6-4-7-12(10-11)20-2/h11-13H,3-10H2,1-2H3,(H,16,18). The number of carbonyl (C=O) groups excluding carboxylic acids is 2. The van der Waals surface area contributed by atoms with Gasteiger partial charge in [0.2, 0.25) is 11.8 Å². The third-order valence-corrected chi connectivity index (χ3v) is 4.45. The number of ether oxygens (including phenoxy) is 1. The SMILES string of the molecule is CCCC1NC(=O)CCN(C2CCCC(OC)C2)C1=O. The fourth-order valence-electron chi connectivity index (χ4n) is 3.32. The lowest BCUT2D eigenvalue weighted by Gasteiger charge is -2.37. The molecule has 1 N–H and O–H groups in total. The molecule has 1 heterocycles. The summed E-state index contributed by atoms with van der Waals surface area (Å²) in [7, 11) is 1.74. The van der Waals surface area contributed by atoms with E-state index in [0.717, 1.165) is 38.5 Å². The maximum absolute atomic E-state index is 12.6. The average molecular weight is 282 g/mol. The summed E-state index contributed by atoms with van der Waals surface area (Å²) >= 11 is 0. The largest absolute Gasteiger partial charge is 0.381 e. The molecule has 3 unspecified atom stereocenters. The van der Waals surface area contributed by atoms with Crippen molar-refractivity contribution in [2.24, 2.45) is 0 Å². The minimum Gasteiger partial charge on any atom is -0.381 e. The number of hydrogen-bond donors (Lipinski definition) is 1. The monoisotopic (exact) mass is 282 g/mol. The van der Waals surface area contributed by atoms with Gasteiger partial charge in [-0.25, -0.2) is 0 Å². The number of rotatable bonds is 4. The van der Waals surface area contributed by atoms with Crippen molar-refractivity contribution in [1.29, 1.82) is 0 Å². The van der Waals surface area contributed by atoms with Crippen molar-refractivity contribution in [3.8, 4) is 0 Å². The highest BCUT2D eigenvalue weighted by Gasteiger charge is 2.35. The summed E-state index contributed by atoms with van der Waals surface area (Å²) in [4.78, 5) is 26.3. The van der Waals surface area contributed by atoms with E-state index in [-0.39, 0.29) is 30.0 Å². The van der Waals surface area contributed by atoms with Crippen LogP contribution < -0.4 is 5.32 Å². The Morgan fingerprint density at radius 1 is 1.35 bits per heavy atom. The van der Waals surface area contributed by atoms with Crippen molar-refractivity contribution >= 4 is 11.8 Å². The molecule has 0 spiro atoms. The van der Waals surface area contributed by atoms with Gasteiger partial charge in [0.25, 0.3) is 0 Å². The van der Waals surface area contributed by atoms with E-state index in [0.29, 0.717) is 13.0 Å². The Kier molecular flexibility index (Phi) is 5.40. The Hall–Kier alpha value is -1.10. The van der Waals surface area contributed by atoms with Crippen molar-refractivity contribution in [1.82, 2.24) is 10.2 Å². The number of methoxy groups -OCH3 is 1. The van der Waals surface area contributed by atoms with E-state index in [4.69, 9.17) is 4.74 Å². The van der Waals surface area contributed by atoms with Crippen LogP contribution in [0.1, 0.15) is 51.9 Å². The van der Waals surface area contributed by atoms with Gasteiger partial charge in [-0.1, -0.05) is 13.3 Å².